The summed E-state index contributed by atoms with van der Waals surface area (Å²) in [5, 5.41) is 0. The average Bonchev–Trinajstić information content (AvgIpc) is 3.48. The Morgan fingerprint density at radius 2 is 1.61 bits per heavy atom. The maximum atomic E-state index is 13.3. The fourth-order valence-electron chi connectivity index (χ4n) is 4.71. The van der Waals surface area contributed by atoms with E-state index in [9.17, 15) is 13.2 Å². The van der Waals surface area contributed by atoms with Gasteiger partial charge < -0.3 is 33.5 Å². The molecular formula is C26H35N3O8S. The number of rotatable bonds is 10. The molecule has 2 aromatic rings. The van der Waals surface area contributed by atoms with Gasteiger partial charge in [-0.3, -0.25) is 4.79 Å². The molecule has 2 aromatic carbocycles. The van der Waals surface area contributed by atoms with E-state index >= 15 is 0 Å². The molecule has 2 fully saturated rings. The van der Waals surface area contributed by atoms with Crippen LogP contribution in [0.2, 0.25) is 0 Å². The Labute approximate surface area is 223 Å². The first-order valence-corrected chi connectivity index (χ1v) is 13.9. The number of sulfonamides is 1. The summed E-state index contributed by atoms with van der Waals surface area (Å²) in [6.45, 7) is 2.77. The smallest absolute Gasteiger partial charge is 0.254 e. The van der Waals surface area contributed by atoms with Gasteiger partial charge in [0.25, 0.3) is 5.91 Å². The Morgan fingerprint density at radius 3 is 2.16 bits per heavy atom. The van der Waals surface area contributed by atoms with Crippen molar-refractivity contribution in [3.63, 3.8) is 0 Å². The molecule has 208 valence electrons. The average molecular weight is 550 g/mol. The molecule has 2 heterocycles. The standard InChI is InChI=1S/C26H35N3O8S/c1-33-22-8-7-20(38(31,32)27-17-19-6-5-13-37-19)16-21(22)28-9-11-29(12-10-28)26(30)18-14-23(34-2)25(36-4)24(15-18)35-3/h7-8,14-16,19,27H,5-6,9-13,17H2,1-4H3. The quantitative estimate of drug-likeness (QED) is 0.476. The summed E-state index contributed by atoms with van der Waals surface area (Å²) in [4.78, 5) is 17.2. The number of carbonyl (C=O) groups is 1. The number of nitrogens with one attached hydrogen (secondary N) is 1. The molecule has 1 amide bonds. The van der Waals surface area contributed by atoms with Gasteiger partial charge in [-0.1, -0.05) is 0 Å². The minimum atomic E-state index is -3.72. The van der Waals surface area contributed by atoms with Crippen LogP contribution in [0.4, 0.5) is 5.69 Å². The van der Waals surface area contributed by atoms with Crippen molar-refractivity contribution >= 4 is 21.6 Å². The molecule has 0 aromatic heterocycles. The van der Waals surface area contributed by atoms with Crippen molar-refractivity contribution < 1.29 is 36.9 Å². The van der Waals surface area contributed by atoms with Gasteiger partial charge in [0.1, 0.15) is 5.75 Å². The van der Waals surface area contributed by atoms with Crippen molar-refractivity contribution in [2.45, 2.75) is 23.8 Å². The zero-order valence-electron chi connectivity index (χ0n) is 22.2. The highest BCUT2D eigenvalue weighted by Gasteiger charge is 2.27. The Balaban J connectivity index is 1.47. The molecule has 0 radical (unpaired) electrons. The first-order chi connectivity index (χ1) is 18.3. The lowest BCUT2D eigenvalue weighted by molar-refractivity contribution is 0.0745. The molecule has 2 saturated heterocycles. The number of amides is 1. The summed E-state index contributed by atoms with van der Waals surface area (Å²) in [7, 11) is 2.34. The predicted octanol–water partition coefficient (Wildman–Crippen LogP) is 2.14. The molecular weight excluding hydrogens is 514 g/mol. The third kappa shape index (κ3) is 5.92. The molecule has 12 heteroatoms. The Morgan fingerprint density at radius 1 is 0.947 bits per heavy atom. The van der Waals surface area contributed by atoms with Crippen LogP contribution in [0, 0.1) is 0 Å². The van der Waals surface area contributed by atoms with Gasteiger partial charge in [-0.25, -0.2) is 13.1 Å². The van der Waals surface area contributed by atoms with E-state index in [0.29, 0.717) is 67.0 Å². The molecule has 0 aliphatic carbocycles. The molecule has 11 nitrogen and oxygen atoms in total. The van der Waals surface area contributed by atoms with Crippen LogP contribution in [0.15, 0.2) is 35.2 Å². The summed E-state index contributed by atoms with van der Waals surface area (Å²) in [5.41, 5.74) is 1.09. The van der Waals surface area contributed by atoms with Crippen molar-refractivity contribution in [3.05, 3.63) is 35.9 Å². The van der Waals surface area contributed by atoms with Crippen LogP contribution in [0.3, 0.4) is 0 Å². The van der Waals surface area contributed by atoms with Gasteiger partial charge in [0, 0.05) is 44.9 Å². The lowest BCUT2D eigenvalue weighted by Crippen LogP contribution is -2.49. The van der Waals surface area contributed by atoms with E-state index in [0.717, 1.165) is 12.8 Å². The molecule has 1 unspecified atom stereocenters. The largest absolute Gasteiger partial charge is 0.495 e. The Hall–Kier alpha value is -3.22. The molecule has 2 aliphatic rings. The van der Waals surface area contributed by atoms with Crippen molar-refractivity contribution in [2.75, 3.05) is 72.7 Å². The van der Waals surface area contributed by atoms with Crippen LogP contribution < -0.4 is 28.6 Å². The van der Waals surface area contributed by atoms with Gasteiger partial charge in [0.2, 0.25) is 15.8 Å². The van der Waals surface area contributed by atoms with E-state index in [2.05, 4.69) is 4.72 Å². The van der Waals surface area contributed by atoms with E-state index < -0.39 is 10.0 Å². The monoisotopic (exact) mass is 549 g/mol. The highest BCUT2D eigenvalue weighted by molar-refractivity contribution is 7.89. The van der Waals surface area contributed by atoms with Crippen LogP contribution in [0.5, 0.6) is 23.0 Å². The zero-order valence-corrected chi connectivity index (χ0v) is 23.0. The number of piperazine rings is 1. The second kappa shape index (κ2) is 12.1. The number of ether oxygens (including phenoxy) is 5. The minimum Gasteiger partial charge on any atom is -0.495 e. The summed E-state index contributed by atoms with van der Waals surface area (Å²) in [5.74, 6) is 1.64. The lowest BCUT2D eigenvalue weighted by Gasteiger charge is -2.37. The first-order valence-electron chi connectivity index (χ1n) is 12.4. The second-order valence-corrected chi connectivity index (χ2v) is 10.8. The normalized spacial score (nSPS) is 17.8. The maximum absolute atomic E-state index is 13.3. The molecule has 1 atom stereocenters. The fourth-order valence-corrected chi connectivity index (χ4v) is 5.80. The summed E-state index contributed by atoms with van der Waals surface area (Å²) >= 11 is 0. The molecule has 1 N–H and O–H groups in total. The van der Waals surface area contributed by atoms with Crippen LogP contribution >= 0.6 is 0 Å². The number of anilines is 1. The van der Waals surface area contributed by atoms with Gasteiger partial charge in [-0.05, 0) is 43.2 Å². The summed E-state index contributed by atoms with van der Waals surface area (Å²) in [6, 6.07) is 8.08. The van der Waals surface area contributed by atoms with E-state index in [-0.39, 0.29) is 23.5 Å². The maximum Gasteiger partial charge on any atom is 0.254 e. The Kier molecular flexibility index (Phi) is 8.85. The van der Waals surface area contributed by atoms with Crippen LogP contribution in [0.25, 0.3) is 0 Å². The van der Waals surface area contributed by atoms with Gasteiger partial charge >= 0.3 is 0 Å². The number of carbonyl (C=O) groups excluding carboxylic acids is 1. The van der Waals surface area contributed by atoms with Crippen molar-refractivity contribution in [3.8, 4) is 23.0 Å². The number of nitrogens with zero attached hydrogens (tertiary/aromatic N) is 2. The van der Waals surface area contributed by atoms with E-state index in [1.807, 2.05) is 4.90 Å². The highest BCUT2D eigenvalue weighted by Crippen LogP contribution is 2.39. The van der Waals surface area contributed by atoms with E-state index in [4.69, 9.17) is 23.7 Å². The van der Waals surface area contributed by atoms with E-state index in [1.54, 1.807) is 36.3 Å². The molecule has 0 spiro atoms. The van der Waals surface area contributed by atoms with Gasteiger partial charge in [0.05, 0.1) is 45.1 Å². The number of methoxy groups -OCH3 is 4. The van der Waals surface area contributed by atoms with Crippen LogP contribution in [-0.2, 0) is 14.8 Å². The fraction of sp³-hybridized carbons (Fsp3) is 0.500. The molecule has 0 bridgehead atoms. The SMILES string of the molecule is COc1ccc(S(=O)(=O)NCC2CCCO2)cc1N1CCN(C(=O)c2cc(OC)c(OC)c(OC)c2)CC1. The topological polar surface area (TPSA) is 116 Å². The summed E-state index contributed by atoms with van der Waals surface area (Å²) < 4.78 is 55.8. The van der Waals surface area contributed by atoms with Crippen LogP contribution in [0.1, 0.15) is 23.2 Å². The lowest BCUT2D eigenvalue weighted by atomic mass is 10.1. The molecule has 0 saturated carbocycles. The van der Waals surface area contributed by atoms with E-state index in [1.165, 1.54) is 27.4 Å². The second-order valence-electron chi connectivity index (χ2n) is 9.01. The highest BCUT2D eigenvalue weighted by atomic mass is 32.2. The van der Waals surface area contributed by atoms with Crippen LogP contribution in [-0.4, -0.2) is 93.1 Å². The van der Waals surface area contributed by atoms with Gasteiger partial charge in [-0.2, -0.15) is 0 Å². The van der Waals surface area contributed by atoms with Crippen molar-refractivity contribution in [2.24, 2.45) is 0 Å². The number of hydrogen-bond acceptors (Lipinski definition) is 9. The summed E-state index contributed by atoms with van der Waals surface area (Å²) in [6.07, 6.45) is 1.68. The van der Waals surface area contributed by atoms with Crippen molar-refractivity contribution in [1.82, 2.24) is 9.62 Å². The van der Waals surface area contributed by atoms with Gasteiger partial charge in [0.15, 0.2) is 11.5 Å². The number of hydrogen-bond donors (Lipinski definition) is 1. The third-order valence-electron chi connectivity index (χ3n) is 6.80. The van der Waals surface area contributed by atoms with Gasteiger partial charge in [-0.15, -0.1) is 0 Å². The molecule has 4 rings (SSSR count). The molecule has 38 heavy (non-hydrogen) atoms. The third-order valence-corrected chi connectivity index (χ3v) is 8.23. The number of benzene rings is 2. The molecule has 2 aliphatic heterocycles. The predicted molar refractivity (Wildman–Crippen MR) is 141 cm³/mol. The van der Waals surface area contributed by atoms with Crippen molar-refractivity contribution in [1.29, 1.82) is 0 Å². The first kappa shape index (κ1) is 27.8. The minimum absolute atomic E-state index is 0.0984. The zero-order chi connectivity index (χ0) is 27.3. The Bertz CT molecular complexity index is 1210.